The van der Waals surface area contributed by atoms with Gasteiger partial charge in [0.1, 0.15) is 6.07 Å². The molecule has 4 nitrogen and oxygen atoms in total. The standard InChI is InChI=1S/C17H23ClN4/c1-20-7-3-5-15(13-20)21-8-10-22(11-9-21)17-14(12-19)4-2-6-16(17)18/h2,4,6,15H,3,5,7-11,13H2,1H3/t15-/m1/s1. The van der Waals surface area contributed by atoms with E-state index in [4.69, 9.17) is 11.6 Å². The van der Waals surface area contributed by atoms with E-state index in [1.807, 2.05) is 18.2 Å². The summed E-state index contributed by atoms with van der Waals surface area (Å²) in [6.45, 7) is 6.39. The quantitative estimate of drug-likeness (QED) is 0.838. The molecule has 22 heavy (non-hydrogen) atoms. The van der Waals surface area contributed by atoms with Crippen LogP contribution in [0.25, 0.3) is 0 Å². The van der Waals surface area contributed by atoms with Gasteiger partial charge in [0.05, 0.1) is 16.3 Å². The third-order valence-corrected chi connectivity index (χ3v) is 5.16. The molecule has 1 atom stereocenters. The molecule has 0 bridgehead atoms. The van der Waals surface area contributed by atoms with E-state index in [0.29, 0.717) is 16.6 Å². The molecule has 0 amide bonds. The van der Waals surface area contributed by atoms with Crippen LogP contribution in [0.3, 0.4) is 0 Å². The zero-order valence-electron chi connectivity index (χ0n) is 13.1. The zero-order chi connectivity index (χ0) is 15.5. The van der Waals surface area contributed by atoms with Crippen LogP contribution in [0.1, 0.15) is 18.4 Å². The molecule has 0 aromatic heterocycles. The molecular formula is C17H23ClN4. The molecule has 2 aliphatic heterocycles. The highest BCUT2D eigenvalue weighted by Crippen LogP contribution is 2.30. The molecule has 0 spiro atoms. The SMILES string of the molecule is CN1CCC[C@@H](N2CCN(c3c(Cl)cccc3C#N)CC2)C1. The molecule has 2 fully saturated rings. The van der Waals surface area contributed by atoms with Crippen LogP contribution in [0.5, 0.6) is 0 Å². The number of halogens is 1. The molecule has 3 rings (SSSR count). The van der Waals surface area contributed by atoms with E-state index < -0.39 is 0 Å². The molecule has 0 radical (unpaired) electrons. The van der Waals surface area contributed by atoms with Crippen LogP contribution in [-0.2, 0) is 0 Å². The van der Waals surface area contributed by atoms with Crippen LogP contribution in [0.15, 0.2) is 18.2 Å². The molecule has 0 saturated carbocycles. The Morgan fingerprint density at radius 1 is 1.18 bits per heavy atom. The summed E-state index contributed by atoms with van der Waals surface area (Å²) in [5, 5.41) is 9.99. The Morgan fingerprint density at radius 3 is 2.64 bits per heavy atom. The number of piperidine rings is 1. The molecule has 5 heteroatoms. The number of likely N-dealkylation sites (tertiary alicyclic amines) is 1. The molecule has 0 aliphatic carbocycles. The molecule has 0 N–H and O–H groups in total. The van der Waals surface area contributed by atoms with Crippen molar-refractivity contribution in [3.63, 3.8) is 0 Å². The second kappa shape index (κ2) is 6.87. The van der Waals surface area contributed by atoms with Gasteiger partial charge >= 0.3 is 0 Å². The lowest BCUT2D eigenvalue weighted by Gasteiger charge is -2.43. The second-order valence-corrected chi connectivity index (χ2v) is 6.74. The van der Waals surface area contributed by atoms with Gasteiger partial charge in [0.2, 0.25) is 0 Å². The molecule has 1 aromatic carbocycles. The van der Waals surface area contributed by atoms with Crippen molar-refractivity contribution in [3.8, 4) is 6.07 Å². The van der Waals surface area contributed by atoms with Crippen LogP contribution in [-0.4, -0.2) is 62.2 Å². The zero-order valence-corrected chi connectivity index (χ0v) is 13.9. The number of nitriles is 1. The lowest BCUT2D eigenvalue weighted by molar-refractivity contribution is 0.106. The van der Waals surface area contributed by atoms with Gasteiger partial charge in [-0.05, 0) is 38.6 Å². The summed E-state index contributed by atoms with van der Waals surface area (Å²) in [5.74, 6) is 0. The van der Waals surface area contributed by atoms with Crippen molar-refractivity contribution in [2.45, 2.75) is 18.9 Å². The Morgan fingerprint density at radius 2 is 1.95 bits per heavy atom. The number of para-hydroxylation sites is 1. The van der Waals surface area contributed by atoms with Crippen molar-refractivity contribution in [2.75, 3.05) is 51.2 Å². The maximum atomic E-state index is 9.31. The van der Waals surface area contributed by atoms with Gasteiger partial charge in [0.15, 0.2) is 0 Å². The summed E-state index contributed by atoms with van der Waals surface area (Å²) < 4.78 is 0. The Kier molecular flexibility index (Phi) is 4.87. The number of rotatable bonds is 2. The first-order valence-electron chi connectivity index (χ1n) is 8.05. The third kappa shape index (κ3) is 3.22. The summed E-state index contributed by atoms with van der Waals surface area (Å²) in [6, 6.07) is 8.52. The van der Waals surface area contributed by atoms with E-state index in [1.165, 1.54) is 25.9 Å². The van der Waals surface area contributed by atoms with Crippen molar-refractivity contribution in [3.05, 3.63) is 28.8 Å². The minimum Gasteiger partial charge on any atom is -0.367 e. The summed E-state index contributed by atoms with van der Waals surface area (Å²) >= 11 is 6.33. The van der Waals surface area contributed by atoms with Gasteiger partial charge < -0.3 is 9.80 Å². The van der Waals surface area contributed by atoms with Gasteiger partial charge in [-0.3, -0.25) is 4.90 Å². The first kappa shape index (κ1) is 15.6. The van der Waals surface area contributed by atoms with E-state index in [9.17, 15) is 5.26 Å². The van der Waals surface area contributed by atoms with E-state index >= 15 is 0 Å². The number of likely N-dealkylation sites (N-methyl/N-ethyl adjacent to an activating group) is 1. The summed E-state index contributed by atoms with van der Waals surface area (Å²) in [6.07, 6.45) is 2.60. The Balaban J connectivity index is 1.66. The van der Waals surface area contributed by atoms with Gasteiger partial charge in [0, 0.05) is 38.8 Å². The van der Waals surface area contributed by atoms with Crippen LogP contribution in [0.4, 0.5) is 5.69 Å². The molecule has 2 heterocycles. The maximum absolute atomic E-state index is 9.31. The predicted molar refractivity (Wildman–Crippen MR) is 90.5 cm³/mol. The van der Waals surface area contributed by atoms with Crippen molar-refractivity contribution in [2.24, 2.45) is 0 Å². The Hall–Kier alpha value is -1.28. The molecule has 1 aromatic rings. The second-order valence-electron chi connectivity index (χ2n) is 6.33. The predicted octanol–water partition coefficient (Wildman–Crippen LogP) is 2.43. The van der Waals surface area contributed by atoms with E-state index in [0.717, 1.165) is 31.9 Å². The highest BCUT2D eigenvalue weighted by atomic mass is 35.5. The molecule has 2 saturated heterocycles. The normalized spacial score (nSPS) is 24.2. The largest absolute Gasteiger partial charge is 0.367 e. The smallest absolute Gasteiger partial charge is 0.101 e. The van der Waals surface area contributed by atoms with Gasteiger partial charge in [-0.1, -0.05) is 17.7 Å². The average molecular weight is 319 g/mol. The van der Waals surface area contributed by atoms with Crippen LogP contribution >= 0.6 is 11.6 Å². The average Bonchev–Trinajstić information content (AvgIpc) is 2.55. The van der Waals surface area contributed by atoms with Gasteiger partial charge in [0.25, 0.3) is 0 Å². The Bertz CT molecular complexity index is 560. The summed E-state index contributed by atoms with van der Waals surface area (Å²) in [5.41, 5.74) is 1.59. The minimum atomic E-state index is 0.679. The van der Waals surface area contributed by atoms with Crippen molar-refractivity contribution in [1.29, 1.82) is 5.26 Å². The van der Waals surface area contributed by atoms with Crippen molar-refractivity contribution >= 4 is 17.3 Å². The molecular weight excluding hydrogens is 296 g/mol. The van der Waals surface area contributed by atoms with Gasteiger partial charge in [-0.15, -0.1) is 0 Å². The number of piperazine rings is 1. The highest BCUT2D eigenvalue weighted by Gasteiger charge is 2.28. The number of benzene rings is 1. The van der Waals surface area contributed by atoms with Crippen LogP contribution < -0.4 is 4.90 Å². The van der Waals surface area contributed by atoms with Crippen molar-refractivity contribution in [1.82, 2.24) is 9.80 Å². The molecule has 2 aliphatic rings. The van der Waals surface area contributed by atoms with Gasteiger partial charge in [-0.25, -0.2) is 0 Å². The lowest BCUT2D eigenvalue weighted by atomic mass is 10.0. The van der Waals surface area contributed by atoms with Crippen molar-refractivity contribution < 1.29 is 0 Å². The first-order chi connectivity index (χ1) is 10.7. The number of hydrogen-bond donors (Lipinski definition) is 0. The summed E-state index contributed by atoms with van der Waals surface area (Å²) in [4.78, 5) is 7.31. The molecule has 118 valence electrons. The first-order valence-corrected chi connectivity index (χ1v) is 8.43. The fraction of sp³-hybridized carbons (Fsp3) is 0.588. The third-order valence-electron chi connectivity index (χ3n) is 4.85. The summed E-state index contributed by atoms with van der Waals surface area (Å²) in [7, 11) is 2.21. The van der Waals surface area contributed by atoms with E-state index in [1.54, 1.807) is 0 Å². The molecule has 0 unspecified atom stereocenters. The maximum Gasteiger partial charge on any atom is 0.101 e. The minimum absolute atomic E-state index is 0.679. The number of anilines is 1. The fourth-order valence-corrected chi connectivity index (χ4v) is 3.97. The number of hydrogen-bond acceptors (Lipinski definition) is 4. The topological polar surface area (TPSA) is 33.5 Å². The highest BCUT2D eigenvalue weighted by molar-refractivity contribution is 6.33. The fourth-order valence-electron chi connectivity index (χ4n) is 3.67. The van der Waals surface area contributed by atoms with Crippen LogP contribution in [0.2, 0.25) is 5.02 Å². The monoisotopic (exact) mass is 318 g/mol. The van der Waals surface area contributed by atoms with E-state index in [2.05, 4.69) is 27.8 Å². The van der Waals surface area contributed by atoms with Crippen LogP contribution in [0, 0.1) is 11.3 Å². The van der Waals surface area contributed by atoms with E-state index in [-0.39, 0.29) is 0 Å². The Labute approximate surface area is 137 Å². The lowest BCUT2D eigenvalue weighted by Crippen LogP contribution is -2.54. The van der Waals surface area contributed by atoms with Gasteiger partial charge in [-0.2, -0.15) is 5.26 Å². The number of nitrogens with zero attached hydrogens (tertiary/aromatic N) is 4.